The smallest absolute Gasteiger partial charge is 0.123 e. The van der Waals surface area contributed by atoms with Crippen LogP contribution in [0.5, 0.6) is 0 Å². The lowest BCUT2D eigenvalue weighted by Gasteiger charge is -2.18. The quantitative estimate of drug-likeness (QED) is 0.903. The summed E-state index contributed by atoms with van der Waals surface area (Å²) in [6, 6.07) is 4.63. The number of hydrogen-bond acceptors (Lipinski definition) is 3. The fourth-order valence-electron chi connectivity index (χ4n) is 1.94. The molecular weight excluding hydrogens is 229 g/mol. The maximum Gasteiger partial charge on any atom is 0.123 e. The first-order valence-electron chi connectivity index (χ1n) is 5.83. The standard InChI is InChI=1S/C14H16FN3/c1-9-4-5-11(15)6-12(9)14(16-3)13-8-17-10(2)7-18-13/h4-8,14,16H,1-3H3. The number of halogens is 1. The molecule has 3 nitrogen and oxygen atoms in total. The lowest BCUT2D eigenvalue weighted by atomic mass is 9.99. The van der Waals surface area contributed by atoms with Gasteiger partial charge in [0, 0.05) is 6.20 Å². The topological polar surface area (TPSA) is 37.8 Å². The van der Waals surface area contributed by atoms with Crippen LogP contribution >= 0.6 is 0 Å². The fourth-order valence-corrected chi connectivity index (χ4v) is 1.94. The van der Waals surface area contributed by atoms with Gasteiger partial charge in [-0.1, -0.05) is 6.07 Å². The van der Waals surface area contributed by atoms with Crippen LogP contribution in [-0.4, -0.2) is 17.0 Å². The average molecular weight is 245 g/mol. The van der Waals surface area contributed by atoms with Crippen LogP contribution in [0.1, 0.15) is 28.6 Å². The van der Waals surface area contributed by atoms with Gasteiger partial charge in [-0.3, -0.25) is 9.97 Å². The van der Waals surface area contributed by atoms with E-state index in [1.54, 1.807) is 18.5 Å². The largest absolute Gasteiger partial charge is 0.308 e. The highest BCUT2D eigenvalue weighted by atomic mass is 19.1. The van der Waals surface area contributed by atoms with Crippen molar-refractivity contribution in [2.24, 2.45) is 0 Å². The maximum atomic E-state index is 13.4. The third-order valence-corrected chi connectivity index (χ3v) is 2.94. The van der Waals surface area contributed by atoms with E-state index in [1.165, 1.54) is 12.1 Å². The Hall–Kier alpha value is -1.81. The van der Waals surface area contributed by atoms with Crippen LogP contribution in [0, 0.1) is 19.7 Å². The molecule has 0 radical (unpaired) electrons. The Morgan fingerprint density at radius 3 is 2.56 bits per heavy atom. The lowest BCUT2D eigenvalue weighted by molar-refractivity contribution is 0.611. The van der Waals surface area contributed by atoms with Gasteiger partial charge in [0.15, 0.2) is 0 Å². The second kappa shape index (κ2) is 5.23. The van der Waals surface area contributed by atoms with Gasteiger partial charge < -0.3 is 5.32 Å². The van der Waals surface area contributed by atoms with Gasteiger partial charge >= 0.3 is 0 Å². The third-order valence-electron chi connectivity index (χ3n) is 2.94. The number of hydrogen-bond donors (Lipinski definition) is 1. The maximum absolute atomic E-state index is 13.4. The van der Waals surface area contributed by atoms with E-state index in [4.69, 9.17) is 0 Å². The van der Waals surface area contributed by atoms with E-state index in [-0.39, 0.29) is 11.9 Å². The van der Waals surface area contributed by atoms with Gasteiger partial charge in [0.05, 0.1) is 23.6 Å². The summed E-state index contributed by atoms with van der Waals surface area (Å²) >= 11 is 0. The van der Waals surface area contributed by atoms with E-state index >= 15 is 0 Å². The van der Waals surface area contributed by atoms with Crippen molar-refractivity contribution in [3.05, 3.63) is 58.9 Å². The molecule has 0 saturated heterocycles. The molecule has 2 rings (SSSR count). The van der Waals surface area contributed by atoms with Gasteiger partial charge in [-0.2, -0.15) is 0 Å². The van der Waals surface area contributed by atoms with Gasteiger partial charge in [0.2, 0.25) is 0 Å². The number of nitrogens with zero attached hydrogens (tertiary/aromatic N) is 2. The first-order chi connectivity index (χ1) is 8.61. The van der Waals surface area contributed by atoms with E-state index in [0.29, 0.717) is 0 Å². The summed E-state index contributed by atoms with van der Waals surface area (Å²) in [5.74, 6) is -0.240. The molecule has 1 N–H and O–H groups in total. The summed E-state index contributed by atoms with van der Waals surface area (Å²) < 4.78 is 13.4. The Bertz CT molecular complexity index is 537. The van der Waals surface area contributed by atoms with Crippen LogP contribution in [-0.2, 0) is 0 Å². The van der Waals surface area contributed by atoms with Gasteiger partial charge in [-0.15, -0.1) is 0 Å². The average Bonchev–Trinajstić information content (AvgIpc) is 2.37. The van der Waals surface area contributed by atoms with E-state index in [1.807, 2.05) is 20.9 Å². The number of benzene rings is 1. The summed E-state index contributed by atoms with van der Waals surface area (Å²) in [7, 11) is 1.83. The van der Waals surface area contributed by atoms with Gasteiger partial charge in [-0.05, 0) is 44.2 Å². The Labute approximate surface area is 106 Å². The monoisotopic (exact) mass is 245 g/mol. The highest BCUT2D eigenvalue weighted by molar-refractivity contribution is 5.34. The minimum Gasteiger partial charge on any atom is -0.308 e. The molecule has 1 aromatic carbocycles. The number of rotatable bonds is 3. The summed E-state index contributed by atoms with van der Waals surface area (Å²) in [4.78, 5) is 8.58. The minimum atomic E-state index is -0.240. The summed E-state index contributed by atoms with van der Waals surface area (Å²) in [6.45, 7) is 3.85. The van der Waals surface area contributed by atoms with Gasteiger partial charge in [0.1, 0.15) is 5.82 Å². The van der Waals surface area contributed by atoms with E-state index in [2.05, 4.69) is 15.3 Å². The van der Waals surface area contributed by atoms with Crippen molar-refractivity contribution in [3.8, 4) is 0 Å². The van der Waals surface area contributed by atoms with Crippen molar-refractivity contribution in [1.82, 2.24) is 15.3 Å². The van der Waals surface area contributed by atoms with Crippen LogP contribution in [0.4, 0.5) is 4.39 Å². The lowest BCUT2D eigenvalue weighted by Crippen LogP contribution is -2.20. The Kier molecular flexibility index (Phi) is 3.67. The zero-order valence-corrected chi connectivity index (χ0v) is 10.7. The first kappa shape index (κ1) is 12.6. The molecule has 0 spiro atoms. The molecule has 0 aliphatic heterocycles. The normalized spacial score (nSPS) is 12.4. The summed E-state index contributed by atoms with van der Waals surface area (Å²) in [5, 5.41) is 3.15. The first-order valence-corrected chi connectivity index (χ1v) is 5.83. The Morgan fingerprint density at radius 2 is 1.94 bits per heavy atom. The molecule has 0 amide bonds. The van der Waals surface area contributed by atoms with Crippen LogP contribution in [0.25, 0.3) is 0 Å². The SMILES string of the molecule is CNC(c1cnc(C)cn1)c1cc(F)ccc1C. The second-order valence-corrected chi connectivity index (χ2v) is 4.31. The van der Waals surface area contributed by atoms with E-state index < -0.39 is 0 Å². The molecule has 0 aliphatic carbocycles. The van der Waals surface area contributed by atoms with E-state index in [9.17, 15) is 4.39 Å². The number of aryl methyl sites for hydroxylation is 2. The zero-order chi connectivity index (χ0) is 13.1. The molecule has 2 aromatic rings. The highest BCUT2D eigenvalue weighted by Gasteiger charge is 2.16. The molecule has 4 heteroatoms. The number of nitrogens with one attached hydrogen (secondary N) is 1. The van der Waals surface area contributed by atoms with Crippen LogP contribution in [0.15, 0.2) is 30.6 Å². The molecule has 1 atom stereocenters. The Balaban J connectivity index is 2.44. The predicted molar refractivity (Wildman–Crippen MR) is 68.8 cm³/mol. The van der Waals surface area contributed by atoms with Crippen LogP contribution < -0.4 is 5.32 Å². The zero-order valence-electron chi connectivity index (χ0n) is 10.7. The molecule has 18 heavy (non-hydrogen) atoms. The second-order valence-electron chi connectivity index (χ2n) is 4.31. The van der Waals surface area contributed by atoms with Crippen molar-refractivity contribution >= 4 is 0 Å². The molecular formula is C14H16FN3. The highest BCUT2D eigenvalue weighted by Crippen LogP contribution is 2.23. The Morgan fingerprint density at radius 1 is 1.17 bits per heavy atom. The van der Waals surface area contributed by atoms with Crippen molar-refractivity contribution in [2.75, 3.05) is 7.05 Å². The summed E-state index contributed by atoms with van der Waals surface area (Å²) in [6.07, 6.45) is 3.44. The fraction of sp³-hybridized carbons (Fsp3) is 0.286. The van der Waals surface area contributed by atoms with E-state index in [0.717, 1.165) is 22.5 Å². The van der Waals surface area contributed by atoms with Gasteiger partial charge in [-0.25, -0.2) is 4.39 Å². The number of aromatic nitrogens is 2. The molecule has 1 aromatic heterocycles. The van der Waals surface area contributed by atoms with Crippen molar-refractivity contribution in [3.63, 3.8) is 0 Å². The minimum absolute atomic E-state index is 0.145. The summed E-state index contributed by atoms with van der Waals surface area (Å²) in [5.41, 5.74) is 3.56. The van der Waals surface area contributed by atoms with Crippen LogP contribution in [0.2, 0.25) is 0 Å². The molecule has 0 bridgehead atoms. The third kappa shape index (κ3) is 2.54. The molecule has 0 fully saturated rings. The molecule has 1 unspecified atom stereocenters. The predicted octanol–water partition coefficient (Wildman–Crippen LogP) is 2.54. The molecule has 94 valence electrons. The van der Waals surface area contributed by atoms with Crippen LogP contribution in [0.3, 0.4) is 0 Å². The van der Waals surface area contributed by atoms with Gasteiger partial charge in [0.25, 0.3) is 0 Å². The van der Waals surface area contributed by atoms with Crippen molar-refractivity contribution in [2.45, 2.75) is 19.9 Å². The van der Waals surface area contributed by atoms with Crippen molar-refractivity contribution < 1.29 is 4.39 Å². The molecule has 0 saturated carbocycles. The van der Waals surface area contributed by atoms with Crippen molar-refractivity contribution in [1.29, 1.82) is 0 Å². The molecule has 0 aliphatic rings. The molecule has 1 heterocycles.